The lowest BCUT2D eigenvalue weighted by Crippen LogP contribution is -2.27. The van der Waals surface area contributed by atoms with Crippen LogP contribution in [-0.2, 0) is 0 Å². The smallest absolute Gasteiger partial charge is 0.274 e. The summed E-state index contributed by atoms with van der Waals surface area (Å²) in [4.78, 5) is 12.6. The molecule has 130 valence electrons. The molecule has 7 heteroatoms. The van der Waals surface area contributed by atoms with Gasteiger partial charge >= 0.3 is 0 Å². The van der Waals surface area contributed by atoms with Crippen molar-refractivity contribution in [2.24, 2.45) is 0 Å². The molecule has 1 unspecified atom stereocenters. The van der Waals surface area contributed by atoms with E-state index < -0.39 is 0 Å². The van der Waals surface area contributed by atoms with Gasteiger partial charge in [-0.1, -0.05) is 35.0 Å². The summed E-state index contributed by atoms with van der Waals surface area (Å²) in [5.74, 6) is -0.312. The van der Waals surface area contributed by atoms with Gasteiger partial charge in [-0.15, -0.1) is 5.10 Å². The van der Waals surface area contributed by atoms with E-state index in [2.05, 4.69) is 21.7 Å². The predicted molar refractivity (Wildman–Crippen MR) is 98.1 cm³/mol. The first kappa shape index (κ1) is 17.6. The van der Waals surface area contributed by atoms with E-state index in [1.807, 2.05) is 31.2 Å². The van der Waals surface area contributed by atoms with Gasteiger partial charge in [0, 0.05) is 5.02 Å². The molecule has 6 nitrogen and oxygen atoms in total. The topological polar surface area (TPSA) is 83.6 Å². The number of nitrogens with one attached hydrogen (secondary N) is 1. The number of rotatable bonds is 4. The number of carbonyl (C=O) groups excluding carboxylic acids is 1. The molecule has 1 N–H and O–H groups in total. The normalized spacial score (nSPS) is 11.6. The minimum atomic E-state index is -0.312. The molecule has 0 radical (unpaired) electrons. The highest BCUT2D eigenvalue weighted by molar-refractivity contribution is 6.30. The summed E-state index contributed by atoms with van der Waals surface area (Å²) in [7, 11) is 0. The number of hydrogen-bond donors (Lipinski definition) is 1. The highest BCUT2D eigenvalue weighted by Gasteiger charge is 2.19. The lowest BCUT2D eigenvalue weighted by Gasteiger charge is -2.13. The van der Waals surface area contributed by atoms with Gasteiger partial charge in [-0.2, -0.15) is 5.26 Å². The summed E-state index contributed by atoms with van der Waals surface area (Å²) in [5, 5.41) is 20.4. The van der Waals surface area contributed by atoms with Crippen molar-refractivity contribution >= 4 is 17.5 Å². The van der Waals surface area contributed by atoms with Gasteiger partial charge in [-0.3, -0.25) is 4.79 Å². The molecule has 1 heterocycles. The van der Waals surface area contributed by atoms with Crippen molar-refractivity contribution < 1.29 is 4.79 Å². The van der Waals surface area contributed by atoms with Crippen molar-refractivity contribution in [2.45, 2.75) is 19.9 Å². The van der Waals surface area contributed by atoms with Crippen LogP contribution in [0.15, 0.2) is 48.5 Å². The van der Waals surface area contributed by atoms with Gasteiger partial charge in [-0.25, -0.2) is 4.68 Å². The van der Waals surface area contributed by atoms with Crippen LogP contribution in [0.25, 0.3) is 5.69 Å². The lowest BCUT2D eigenvalue weighted by atomic mass is 10.1. The number of hydrogen-bond acceptors (Lipinski definition) is 4. The summed E-state index contributed by atoms with van der Waals surface area (Å²) in [6.07, 6.45) is 0. The zero-order valence-corrected chi connectivity index (χ0v) is 15.0. The van der Waals surface area contributed by atoms with Crippen LogP contribution in [0, 0.1) is 18.3 Å². The van der Waals surface area contributed by atoms with Crippen molar-refractivity contribution in [3.8, 4) is 11.8 Å². The third-order valence-corrected chi connectivity index (χ3v) is 4.28. The molecular formula is C19H16ClN5O. The summed E-state index contributed by atoms with van der Waals surface area (Å²) in [6, 6.07) is 16.1. The van der Waals surface area contributed by atoms with E-state index in [1.54, 1.807) is 35.9 Å². The van der Waals surface area contributed by atoms with E-state index in [-0.39, 0.29) is 17.6 Å². The quantitative estimate of drug-likeness (QED) is 0.765. The number of nitriles is 1. The monoisotopic (exact) mass is 365 g/mol. The first-order valence-electron chi connectivity index (χ1n) is 7.98. The van der Waals surface area contributed by atoms with Crippen LogP contribution < -0.4 is 5.32 Å². The van der Waals surface area contributed by atoms with Crippen LogP contribution in [0.4, 0.5) is 0 Å². The average molecular weight is 366 g/mol. The van der Waals surface area contributed by atoms with Gasteiger partial charge in [0.25, 0.3) is 5.91 Å². The fourth-order valence-corrected chi connectivity index (χ4v) is 2.77. The first-order chi connectivity index (χ1) is 12.5. The Morgan fingerprint density at radius 3 is 2.65 bits per heavy atom. The average Bonchev–Trinajstić information content (AvgIpc) is 3.03. The predicted octanol–water partition coefficient (Wildman–Crippen LogP) is 3.59. The highest BCUT2D eigenvalue weighted by atomic mass is 35.5. The van der Waals surface area contributed by atoms with Crippen LogP contribution in [0.3, 0.4) is 0 Å². The molecule has 0 spiro atoms. The molecule has 3 rings (SSSR count). The van der Waals surface area contributed by atoms with E-state index in [9.17, 15) is 4.79 Å². The zero-order valence-electron chi connectivity index (χ0n) is 14.3. The van der Waals surface area contributed by atoms with Crippen molar-refractivity contribution in [1.29, 1.82) is 5.26 Å². The van der Waals surface area contributed by atoms with Crippen LogP contribution in [-0.4, -0.2) is 20.9 Å². The maximum Gasteiger partial charge on any atom is 0.274 e. The maximum atomic E-state index is 12.6. The Morgan fingerprint density at radius 2 is 2.00 bits per heavy atom. The number of aromatic nitrogens is 3. The van der Waals surface area contributed by atoms with E-state index in [1.165, 1.54) is 0 Å². The van der Waals surface area contributed by atoms with Gasteiger partial charge in [0.1, 0.15) is 0 Å². The second-order valence-electron chi connectivity index (χ2n) is 5.84. The van der Waals surface area contributed by atoms with Crippen molar-refractivity contribution in [3.63, 3.8) is 0 Å². The molecule has 2 aromatic carbocycles. The third-order valence-electron chi connectivity index (χ3n) is 4.05. The zero-order chi connectivity index (χ0) is 18.7. The van der Waals surface area contributed by atoms with E-state index in [4.69, 9.17) is 16.9 Å². The molecule has 0 aliphatic rings. The molecule has 0 saturated carbocycles. The second-order valence-corrected chi connectivity index (χ2v) is 6.28. The third kappa shape index (κ3) is 3.58. The molecule has 3 aromatic rings. The van der Waals surface area contributed by atoms with E-state index in [0.717, 1.165) is 11.3 Å². The summed E-state index contributed by atoms with van der Waals surface area (Å²) >= 11 is 6.01. The maximum absolute atomic E-state index is 12.6. The minimum absolute atomic E-state index is 0.231. The molecule has 0 saturated heterocycles. The fraction of sp³-hybridized carbons (Fsp3) is 0.158. The number of benzene rings is 2. The van der Waals surface area contributed by atoms with Crippen LogP contribution in [0.1, 0.15) is 40.3 Å². The van der Waals surface area contributed by atoms with Gasteiger partial charge in [0.15, 0.2) is 5.69 Å². The van der Waals surface area contributed by atoms with E-state index in [0.29, 0.717) is 16.3 Å². The van der Waals surface area contributed by atoms with Crippen molar-refractivity contribution in [1.82, 2.24) is 20.3 Å². The first-order valence-corrected chi connectivity index (χ1v) is 8.36. The Kier molecular flexibility index (Phi) is 5.01. The Balaban J connectivity index is 1.79. The van der Waals surface area contributed by atoms with Gasteiger partial charge < -0.3 is 5.32 Å². The molecule has 0 bridgehead atoms. The molecule has 0 aliphatic carbocycles. The number of carbonyl (C=O) groups is 1. The molecule has 1 amide bonds. The largest absolute Gasteiger partial charge is 0.344 e. The van der Waals surface area contributed by atoms with Gasteiger partial charge in [0.2, 0.25) is 0 Å². The minimum Gasteiger partial charge on any atom is -0.344 e. The van der Waals surface area contributed by atoms with Crippen LogP contribution in [0.5, 0.6) is 0 Å². The Bertz CT molecular complexity index is 988. The molecule has 1 aromatic heterocycles. The second kappa shape index (κ2) is 7.38. The van der Waals surface area contributed by atoms with Crippen LogP contribution >= 0.6 is 11.6 Å². The Hall–Kier alpha value is -3.17. The molecule has 0 aliphatic heterocycles. The standard InChI is InChI=1S/C19H16ClN5O/c1-12(15-8-6-14(11-21)7-9-15)22-19(26)18-13(2)25(24-23-18)17-5-3-4-16(20)10-17/h3-10,12H,1-2H3,(H,22,26). The lowest BCUT2D eigenvalue weighted by molar-refractivity contribution is 0.0934. The number of nitrogens with zero attached hydrogens (tertiary/aromatic N) is 4. The summed E-state index contributed by atoms with van der Waals surface area (Å²) in [6.45, 7) is 3.65. The van der Waals surface area contributed by atoms with Crippen molar-refractivity contribution in [3.05, 3.63) is 76.1 Å². The highest BCUT2D eigenvalue weighted by Crippen LogP contribution is 2.18. The van der Waals surface area contributed by atoms with Crippen molar-refractivity contribution in [2.75, 3.05) is 0 Å². The fourth-order valence-electron chi connectivity index (χ4n) is 2.59. The SMILES string of the molecule is Cc1c(C(=O)NC(C)c2ccc(C#N)cc2)nnn1-c1cccc(Cl)c1. The van der Waals surface area contributed by atoms with Gasteiger partial charge in [0.05, 0.1) is 29.1 Å². The van der Waals surface area contributed by atoms with E-state index >= 15 is 0 Å². The molecular weight excluding hydrogens is 350 g/mol. The summed E-state index contributed by atoms with van der Waals surface area (Å²) in [5.41, 5.74) is 3.09. The molecule has 1 atom stereocenters. The molecule has 26 heavy (non-hydrogen) atoms. The Morgan fingerprint density at radius 1 is 1.27 bits per heavy atom. The Labute approximate surface area is 156 Å². The van der Waals surface area contributed by atoms with Gasteiger partial charge in [-0.05, 0) is 49.7 Å². The summed E-state index contributed by atoms with van der Waals surface area (Å²) < 4.78 is 1.58. The van der Waals surface area contributed by atoms with Crippen LogP contribution in [0.2, 0.25) is 5.02 Å². The molecule has 0 fully saturated rings. The number of halogens is 1. The number of amides is 1.